The molecule has 0 aliphatic carbocycles. The molecule has 636 valence electrons. The van der Waals surface area contributed by atoms with E-state index in [0.29, 0.717) is 98.7 Å². The van der Waals surface area contributed by atoms with E-state index >= 15 is 0 Å². The van der Waals surface area contributed by atoms with Crippen LogP contribution >= 0.6 is 27.5 Å². The predicted octanol–water partition coefficient (Wildman–Crippen LogP) is 14.7. The first-order valence-electron chi connectivity index (χ1n) is 35.6. The lowest BCUT2D eigenvalue weighted by Gasteiger charge is -2.35. The van der Waals surface area contributed by atoms with Crippen molar-refractivity contribution in [2.75, 3.05) is 121 Å². The van der Waals surface area contributed by atoms with E-state index in [1.54, 1.807) is 0 Å². The number of hydrogen-bond acceptors (Lipinski definition) is 24. The van der Waals surface area contributed by atoms with Crippen LogP contribution in [0, 0.1) is 11.8 Å². The predicted molar refractivity (Wildman–Crippen MR) is 424 cm³/mol. The second-order valence-electron chi connectivity index (χ2n) is 27.9. The molecule has 8 aromatic heterocycles. The van der Waals surface area contributed by atoms with Gasteiger partial charge in [0.1, 0.15) is 75.4 Å². The summed E-state index contributed by atoms with van der Waals surface area (Å²) in [7, 11) is 0. The molecule has 115 heavy (non-hydrogen) atoms. The summed E-state index contributed by atoms with van der Waals surface area (Å²) < 4.78 is 201. The maximum absolute atomic E-state index is 13.6. The van der Waals surface area contributed by atoms with E-state index in [4.69, 9.17) is 34.5 Å². The number of halogens is 17. The largest absolute Gasteiger partial charge is 0.418 e. The number of carbonyl (C=O) groups is 4. The number of piperazine rings is 4. The summed E-state index contributed by atoms with van der Waals surface area (Å²) in [5, 5.41) is 12.5. The zero-order valence-electron chi connectivity index (χ0n) is 62.0. The van der Waals surface area contributed by atoms with Gasteiger partial charge in [-0.15, -0.1) is 0 Å². The lowest BCUT2D eigenvalue weighted by Crippen LogP contribution is -2.57. The SMILES string of the molecule is CC(C)C[C@H]1CN(c2ccc(C(F)(F)F)c(C(=O)c3cc(Br)cnc3N)n2)CCN1.CC(C)C[C@H]1CN(c2ccc(C(F)(F)F)c(C(=O)c3cc(Cl)cnc3N)n2)CCN1.C[C@H]1CN(c2ccc(C(F)(F)F)c(C(=O)c3cccnc3N)n2)CCN1.Nc1ncccc1C(=O)c1nc(N2CCNC(C(F)(F)F)C2)ccc1C(F)(F)F.[HH].[HH].[HH].[HH].[HH].[HH].[HH].[HH].[HH]. The molecule has 24 nitrogen and oxygen atoms in total. The normalized spacial score (nSPS) is 17.7. The molecule has 0 spiro atoms. The van der Waals surface area contributed by atoms with Crippen LogP contribution in [0.3, 0.4) is 0 Å². The van der Waals surface area contributed by atoms with Crippen molar-refractivity contribution in [1.82, 2.24) is 61.1 Å². The Hall–Kier alpha value is -10.2. The molecule has 1 unspecified atom stereocenters. The van der Waals surface area contributed by atoms with Crippen molar-refractivity contribution in [2.45, 2.75) is 103 Å². The van der Waals surface area contributed by atoms with E-state index in [1.807, 2.05) is 21.6 Å². The number of ketones is 4. The van der Waals surface area contributed by atoms with Crippen LogP contribution in [-0.2, 0) is 24.7 Å². The summed E-state index contributed by atoms with van der Waals surface area (Å²) in [6, 6.07) is 14.7. The van der Waals surface area contributed by atoms with E-state index in [-0.39, 0.29) is 100 Å². The number of nitrogens with two attached hydrogens (primary N) is 4. The third kappa shape index (κ3) is 23.1. The van der Waals surface area contributed by atoms with Gasteiger partial charge in [-0.3, -0.25) is 19.2 Å². The number of anilines is 8. The highest BCUT2D eigenvalue weighted by Crippen LogP contribution is 2.40. The fraction of sp³-hybridized carbons (Fsp3) is 0.405. The van der Waals surface area contributed by atoms with Crippen LogP contribution in [0.2, 0.25) is 5.02 Å². The molecule has 4 aliphatic heterocycles. The zero-order chi connectivity index (χ0) is 84.4. The van der Waals surface area contributed by atoms with Crippen molar-refractivity contribution in [1.29, 1.82) is 0 Å². The smallest absolute Gasteiger partial charge is 0.383 e. The van der Waals surface area contributed by atoms with E-state index in [1.165, 1.54) is 84.3 Å². The molecule has 4 fully saturated rings. The Bertz CT molecular complexity index is 4680. The summed E-state index contributed by atoms with van der Waals surface area (Å²) >= 11 is 9.03. The number of aromatic nitrogens is 8. The molecule has 12 rings (SSSR count). The minimum absolute atomic E-state index is 0. The Morgan fingerprint density at radius 2 is 0.774 bits per heavy atom. The van der Waals surface area contributed by atoms with Gasteiger partial charge in [0.15, 0.2) is 0 Å². The number of carbonyl (C=O) groups excluding carboxylic acids is 4. The quantitative estimate of drug-likeness (QED) is 0.0329. The molecule has 4 saturated heterocycles. The molecule has 12 N–H and O–H groups in total. The van der Waals surface area contributed by atoms with Crippen LogP contribution < -0.4 is 63.8 Å². The van der Waals surface area contributed by atoms with Gasteiger partial charge in [0.2, 0.25) is 23.1 Å². The summed E-state index contributed by atoms with van der Waals surface area (Å²) in [6.45, 7) is 15.5. The van der Waals surface area contributed by atoms with Crippen molar-refractivity contribution >= 4 is 97.2 Å². The first-order valence-corrected chi connectivity index (χ1v) is 36.8. The minimum atomic E-state index is -4.90. The standard InChI is InChI=1S/C20H23BrF3N5O.C20H23ClF3N5O.C17H15F6N5O.C17H18F3N5O.9H2/c2*1-11(2)7-13-10-29(6-5-26-13)16-4-3-15(20(22,23)24)17(28-16)18(30)14-8-12(21)9-27-19(14)25;18-16(19,20)10-3-4-12(28-7-6-25-11(8-28)17(21,22)23)27-13(10)14(29)9-2-1-5-26-15(9)24;1-10-9-25(8-7-22-10)13-5-4-12(17(18,19)20)14(24-13)15(26)11-3-2-6-23-16(11)21;;;;;;;;;/h2*3-4,8-9,11,13,26H,5-7,10H2,1-2H3,(H2,25,27);1-5,11,25H,6-8H2,(H2,24,26);2-6,10,22H,7-9H2,1H3,(H2,21,23);9*1H/t2*13-;;10-;;;;;;;;;/m00.0........./s1. The van der Waals surface area contributed by atoms with Gasteiger partial charge >= 0.3 is 30.9 Å². The summed E-state index contributed by atoms with van der Waals surface area (Å²) in [6.07, 6.45) is -16.5. The van der Waals surface area contributed by atoms with E-state index in [9.17, 15) is 85.0 Å². The highest BCUT2D eigenvalue weighted by Gasteiger charge is 2.45. The molecule has 4 aliphatic rings. The molecular weight excluding hydrogens is 1630 g/mol. The second kappa shape index (κ2) is 37.2. The number of hydrogen-bond donors (Lipinski definition) is 8. The third-order valence-corrected chi connectivity index (χ3v) is 18.9. The van der Waals surface area contributed by atoms with Gasteiger partial charge in [-0.25, -0.2) is 39.9 Å². The monoisotopic (exact) mass is 1730 g/mol. The highest BCUT2D eigenvalue weighted by molar-refractivity contribution is 9.10. The molecule has 8 aromatic rings. The Balaban J connectivity index is 0.00000159. The van der Waals surface area contributed by atoms with Crippen LogP contribution in [0.4, 0.5) is 112 Å². The maximum atomic E-state index is 13.6. The molecule has 0 radical (unpaired) electrons. The number of pyridine rings is 8. The number of alkyl halides is 15. The first-order chi connectivity index (χ1) is 53.9. The van der Waals surface area contributed by atoms with Crippen molar-refractivity contribution < 1.29 is 97.9 Å². The van der Waals surface area contributed by atoms with Gasteiger partial charge in [0.25, 0.3) is 0 Å². The van der Waals surface area contributed by atoms with Gasteiger partial charge < -0.3 is 63.8 Å². The average Bonchev–Trinajstić information content (AvgIpc) is 0.787. The third-order valence-electron chi connectivity index (χ3n) is 18.3. The molecular formula is C74H97BrClF15N20O4. The van der Waals surface area contributed by atoms with Crippen LogP contribution in [-0.4, -0.2) is 172 Å². The van der Waals surface area contributed by atoms with Crippen LogP contribution in [0.15, 0.2) is 114 Å². The Kier molecular flexibility index (Phi) is 28.7. The average molecular weight is 1730 g/mol. The van der Waals surface area contributed by atoms with Gasteiger partial charge in [0.05, 0.1) is 49.5 Å². The molecule has 12 heterocycles. The van der Waals surface area contributed by atoms with Crippen LogP contribution in [0.25, 0.3) is 0 Å². The molecule has 41 heteroatoms. The summed E-state index contributed by atoms with van der Waals surface area (Å²) in [5.74, 6) is -2.90. The topological polar surface area (TPSA) is 337 Å². The van der Waals surface area contributed by atoms with Crippen molar-refractivity contribution in [3.8, 4) is 0 Å². The Morgan fingerprint density at radius 3 is 1.12 bits per heavy atom. The molecule has 0 saturated carbocycles. The Morgan fingerprint density at radius 1 is 0.452 bits per heavy atom. The number of nitrogen functional groups attached to an aromatic ring is 4. The van der Waals surface area contributed by atoms with Crippen LogP contribution in [0.1, 0.15) is 147 Å². The van der Waals surface area contributed by atoms with Crippen molar-refractivity contribution in [2.24, 2.45) is 11.8 Å². The van der Waals surface area contributed by atoms with Crippen molar-refractivity contribution in [3.05, 3.63) is 186 Å². The number of rotatable bonds is 16. The van der Waals surface area contributed by atoms with E-state index in [0.717, 1.165) is 37.1 Å². The molecule has 0 amide bonds. The zero-order valence-corrected chi connectivity index (χ0v) is 64.3. The summed E-state index contributed by atoms with van der Waals surface area (Å²) in [5.41, 5.74) is 14.4. The number of nitrogens with one attached hydrogen (secondary N) is 4. The van der Waals surface area contributed by atoms with Gasteiger partial charge in [-0.05, 0) is 132 Å². The van der Waals surface area contributed by atoms with E-state index < -0.39 is 112 Å². The maximum Gasteiger partial charge on any atom is 0.418 e. The second-order valence-corrected chi connectivity index (χ2v) is 29.2. The highest BCUT2D eigenvalue weighted by atomic mass is 79.9. The van der Waals surface area contributed by atoms with Gasteiger partial charge in [-0.2, -0.15) is 65.9 Å². The summed E-state index contributed by atoms with van der Waals surface area (Å²) in [4.78, 5) is 89.4. The number of nitrogens with zero attached hydrogens (tertiary/aromatic N) is 12. The molecule has 0 bridgehead atoms. The lowest BCUT2D eigenvalue weighted by molar-refractivity contribution is -0.155. The fourth-order valence-electron chi connectivity index (χ4n) is 12.9. The lowest BCUT2D eigenvalue weighted by atomic mass is 10.0. The first kappa shape index (κ1) is 88.8. The van der Waals surface area contributed by atoms with Crippen LogP contribution in [0.5, 0.6) is 0 Å². The van der Waals surface area contributed by atoms with E-state index in [2.05, 4.69) is 105 Å². The molecule has 0 aromatic carbocycles. The van der Waals surface area contributed by atoms with Gasteiger partial charge in [-0.1, -0.05) is 39.3 Å². The molecule has 4 atom stereocenters. The van der Waals surface area contributed by atoms with Gasteiger partial charge in [0, 0.05) is 139 Å². The Labute approximate surface area is 675 Å². The fourth-order valence-corrected chi connectivity index (χ4v) is 13.4. The minimum Gasteiger partial charge on any atom is -0.383 e. The van der Waals surface area contributed by atoms with Crippen molar-refractivity contribution in [3.63, 3.8) is 0 Å².